The number of hydrogen-bond donors (Lipinski definition) is 2. The largest absolute Gasteiger partial charge is 0.456 e. The van der Waals surface area contributed by atoms with Crippen molar-refractivity contribution in [1.29, 1.82) is 0 Å². The molecular formula is C21H22N2O5S. The Hall–Kier alpha value is -3.13. The van der Waals surface area contributed by atoms with Crippen molar-refractivity contribution in [3.05, 3.63) is 59.7 Å². The van der Waals surface area contributed by atoms with Crippen LogP contribution in [0.1, 0.15) is 34.6 Å². The van der Waals surface area contributed by atoms with E-state index in [0.717, 1.165) is 4.90 Å². The highest BCUT2D eigenvalue weighted by Crippen LogP contribution is 2.26. The molecule has 0 aromatic heterocycles. The lowest BCUT2D eigenvalue weighted by molar-refractivity contribution is -0.144. The Morgan fingerprint density at radius 3 is 2.34 bits per heavy atom. The van der Waals surface area contributed by atoms with Gasteiger partial charge in [-0.2, -0.15) is 0 Å². The molecule has 0 unspecified atom stereocenters. The molecule has 2 aromatic rings. The fourth-order valence-electron chi connectivity index (χ4n) is 2.44. The van der Waals surface area contributed by atoms with Gasteiger partial charge in [0.2, 0.25) is 5.91 Å². The Labute approximate surface area is 173 Å². The first kappa shape index (κ1) is 22.2. The van der Waals surface area contributed by atoms with Gasteiger partial charge in [0.05, 0.1) is 5.69 Å². The number of ether oxygens (including phenoxy) is 1. The SMILES string of the molecule is CSc1ccc(C(=O)COC(=O)[C@@H](C)NC(=O)c2ccccc2)cc1NC(C)=O. The maximum absolute atomic E-state index is 12.4. The summed E-state index contributed by atoms with van der Waals surface area (Å²) >= 11 is 1.43. The molecule has 152 valence electrons. The van der Waals surface area contributed by atoms with Crippen LogP contribution < -0.4 is 10.6 Å². The number of esters is 1. The molecule has 0 aliphatic heterocycles. The number of anilines is 1. The third-order valence-corrected chi connectivity index (χ3v) is 4.71. The Balaban J connectivity index is 1.94. The van der Waals surface area contributed by atoms with Crippen LogP contribution in [0, 0.1) is 0 Å². The summed E-state index contributed by atoms with van der Waals surface area (Å²) in [5.74, 6) is -1.79. The zero-order chi connectivity index (χ0) is 21.4. The van der Waals surface area contributed by atoms with Crippen LogP contribution in [0.15, 0.2) is 53.4 Å². The van der Waals surface area contributed by atoms with Crippen LogP contribution in [0.3, 0.4) is 0 Å². The van der Waals surface area contributed by atoms with E-state index in [1.807, 2.05) is 6.26 Å². The lowest BCUT2D eigenvalue weighted by atomic mass is 10.1. The zero-order valence-electron chi connectivity index (χ0n) is 16.4. The number of Topliss-reactive ketones (excluding diaryl/α,β-unsaturated/α-hetero) is 1. The first-order valence-electron chi connectivity index (χ1n) is 8.83. The van der Waals surface area contributed by atoms with Crippen molar-refractivity contribution in [3.8, 4) is 0 Å². The standard InChI is InChI=1S/C21H22N2O5S/c1-13(22-20(26)15-7-5-4-6-8-15)21(27)28-12-18(25)16-9-10-19(29-3)17(11-16)23-14(2)24/h4-11,13H,12H2,1-3H3,(H,22,26)(H,23,24)/t13-/m1/s1. The molecule has 2 N–H and O–H groups in total. The molecule has 0 bridgehead atoms. The van der Waals surface area contributed by atoms with Crippen LogP contribution in [0.25, 0.3) is 0 Å². The second kappa shape index (κ2) is 10.4. The van der Waals surface area contributed by atoms with Gasteiger partial charge in [-0.3, -0.25) is 14.4 Å². The van der Waals surface area contributed by atoms with Gasteiger partial charge in [-0.1, -0.05) is 24.3 Å². The van der Waals surface area contributed by atoms with Gasteiger partial charge in [0.15, 0.2) is 12.4 Å². The van der Waals surface area contributed by atoms with Crippen molar-refractivity contribution in [2.45, 2.75) is 24.8 Å². The summed E-state index contributed by atoms with van der Waals surface area (Å²) in [6.45, 7) is 2.39. The fraction of sp³-hybridized carbons (Fsp3) is 0.238. The summed E-state index contributed by atoms with van der Waals surface area (Å²) < 4.78 is 5.04. The minimum atomic E-state index is -0.913. The topological polar surface area (TPSA) is 102 Å². The molecule has 7 nitrogen and oxygen atoms in total. The molecule has 0 radical (unpaired) electrons. The predicted octanol–water partition coefficient (Wildman–Crippen LogP) is 2.91. The van der Waals surface area contributed by atoms with Crippen molar-refractivity contribution in [2.24, 2.45) is 0 Å². The second-order valence-corrected chi connectivity index (χ2v) is 7.04. The minimum Gasteiger partial charge on any atom is -0.456 e. The van der Waals surface area contributed by atoms with Crippen molar-refractivity contribution >= 4 is 41.0 Å². The van der Waals surface area contributed by atoms with E-state index < -0.39 is 30.3 Å². The quantitative estimate of drug-likeness (QED) is 0.391. The highest BCUT2D eigenvalue weighted by Gasteiger charge is 2.20. The lowest BCUT2D eigenvalue weighted by Gasteiger charge is -2.14. The number of nitrogens with one attached hydrogen (secondary N) is 2. The lowest BCUT2D eigenvalue weighted by Crippen LogP contribution is -2.40. The fourth-order valence-corrected chi connectivity index (χ4v) is 2.98. The van der Waals surface area contributed by atoms with Crippen molar-refractivity contribution in [2.75, 3.05) is 18.2 Å². The molecule has 0 aliphatic carbocycles. The molecule has 0 heterocycles. The van der Waals surface area contributed by atoms with E-state index in [2.05, 4.69) is 10.6 Å². The number of rotatable bonds is 8. The van der Waals surface area contributed by atoms with E-state index in [9.17, 15) is 19.2 Å². The highest BCUT2D eigenvalue weighted by molar-refractivity contribution is 7.98. The van der Waals surface area contributed by atoms with E-state index in [0.29, 0.717) is 16.8 Å². The maximum atomic E-state index is 12.4. The molecule has 8 heteroatoms. The maximum Gasteiger partial charge on any atom is 0.328 e. The van der Waals surface area contributed by atoms with E-state index in [4.69, 9.17) is 4.74 Å². The van der Waals surface area contributed by atoms with Crippen molar-refractivity contribution in [3.63, 3.8) is 0 Å². The van der Waals surface area contributed by atoms with E-state index in [-0.39, 0.29) is 5.91 Å². The number of thioether (sulfide) groups is 1. The van der Waals surface area contributed by atoms with E-state index in [1.54, 1.807) is 48.5 Å². The van der Waals surface area contributed by atoms with Gasteiger partial charge in [0.1, 0.15) is 6.04 Å². The molecule has 0 fully saturated rings. The van der Waals surface area contributed by atoms with Crippen LogP contribution in [0.4, 0.5) is 5.69 Å². The van der Waals surface area contributed by atoms with Crippen LogP contribution in [-0.4, -0.2) is 42.5 Å². The second-order valence-electron chi connectivity index (χ2n) is 6.19. The summed E-state index contributed by atoms with van der Waals surface area (Å²) in [6, 6.07) is 12.4. The average Bonchev–Trinajstić information content (AvgIpc) is 2.71. The zero-order valence-corrected chi connectivity index (χ0v) is 17.2. The molecule has 2 aromatic carbocycles. The van der Waals surface area contributed by atoms with Crippen LogP contribution in [-0.2, 0) is 14.3 Å². The molecule has 2 amide bonds. The minimum absolute atomic E-state index is 0.251. The summed E-state index contributed by atoms with van der Waals surface area (Å²) in [4.78, 5) is 48.7. The van der Waals surface area contributed by atoms with Crippen LogP contribution in [0.2, 0.25) is 0 Å². The van der Waals surface area contributed by atoms with Crippen molar-refractivity contribution in [1.82, 2.24) is 5.32 Å². The number of carbonyl (C=O) groups excluding carboxylic acids is 4. The number of carbonyl (C=O) groups is 4. The van der Waals surface area contributed by atoms with Crippen molar-refractivity contribution < 1.29 is 23.9 Å². The third kappa shape index (κ3) is 6.46. The molecule has 0 spiro atoms. The number of amides is 2. The summed E-state index contributed by atoms with van der Waals surface area (Å²) in [5, 5.41) is 5.20. The monoisotopic (exact) mass is 414 g/mol. The van der Waals surface area contributed by atoms with Gasteiger partial charge in [-0.05, 0) is 37.4 Å². The molecular weight excluding hydrogens is 392 g/mol. The van der Waals surface area contributed by atoms with Gasteiger partial charge >= 0.3 is 5.97 Å². The Kier molecular flexibility index (Phi) is 7.97. The molecule has 0 saturated heterocycles. The van der Waals surface area contributed by atoms with E-state index in [1.165, 1.54) is 25.6 Å². The van der Waals surface area contributed by atoms with Gasteiger partial charge in [-0.15, -0.1) is 11.8 Å². The van der Waals surface area contributed by atoms with Crippen LogP contribution >= 0.6 is 11.8 Å². The molecule has 0 aliphatic rings. The average molecular weight is 414 g/mol. The highest BCUT2D eigenvalue weighted by atomic mass is 32.2. The van der Waals surface area contributed by atoms with Gasteiger partial charge in [-0.25, -0.2) is 4.79 Å². The molecule has 2 rings (SSSR count). The Morgan fingerprint density at radius 1 is 1.03 bits per heavy atom. The summed E-state index contributed by atoms with van der Waals surface area (Å²) in [7, 11) is 0. The number of ketones is 1. The first-order valence-corrected chi connectivity index (χ1v) is 10.1. The first-order chi connectivity index (χ1) is 13.8. The van der Waals surface area contributed by atoms with Crippen LogP contribution in [0.5, 0.6) is 0 Å². The third-order valence-electron chi connectivity index (χ3n) is 3.91. The summed E-state index contributed by atoms with van der Waals surface area (Å²) in [5.41, 5.74) is 1.24. The molecule has 29 heavy (non-hydrogen) atoms. The van der Waals surface area contributed by atoms with E-state index >= 15 is 0 Å². The molecule has 0 saturated carbocycles. The molecule has 1 atom stereocenters. The number of hydrogen-bond acceptors (Lipinski definition) is 6. The van der Waals surface area contributed by atoms with Gasteiger partial charge < -0.3 is 15.4 Å². The Morgan fingerprint density at radius 2 is 1.72 bits per heavy atom. The van der Waals surface area contributed by atoms with Gasteiger partial charge in [0, 0.05) is 22.9 Å². The predicted molar refractivity (Wildman–Crippen MR) is 111 cm³/mol. The summed E-state index contributed by atoms with van der Waals surface area (Å²) in [6.07, 6.45) is 1.86. The smallest absolute Gasteiger partial charge is 0.328 e. The Bertz CT molecular complexity index is 915. The number of benzene rings is 2. The van der Waals surface area contributed by atoms with Gasteiger partial charge in [0.25, 0.3) is 5.91 Å². The normalized spacial score (nSPS) is 11.3.